The van der Waals surface area contributed by atoms with Crippen LogP contribution in [0.3, 0.4) is 0 Å². The highest BCUT2D eigenvalue weighted by Crippen LogP contribution is 2.38. The number of piperidine rings is 1. The van der Waals surface area contributed by atoms with Crippen LogP contribution in [0.15, 0.2) is 29.3 Å². The maximum Gasteiger partial charge on any atom is 0.222 e. The largest absolute Gasteiger partial charge is 0.356 e. The van der Waals surface area contributed by atoms with E-state index in [4.69, 9.17) is 0 Å². The van der Waals surface area contributed by atoms with Gasteiger partial charge in [0.1, 0.15) is 0 Å². The van der Waals surface area contributed by atoms with E-state index in [1.54, 1.807) is 0 Å². The van der Waals surface area contributed by atoms with Crippen molar-refractivity contribution in [1.82, 2.24) is 15.1 Å². The van der Waals surface area contributed by atoms with Crippen molar-refractivity contribution in [3.8, 4) is 0 Å². The number of hydrogen-bond donors (Lipinski definition) is 1. The van der Waals surface area contributed by atoms with E-state index in [9.17, 15) is 4.79 Å². The molecule has 0 spiro atoms. The molecule has 176 valence electrons. The minimum absolute atomic E-state index is 0.325. The molecule has 1 amide bonds. The van der Waals surface area contributed by atoms with E-state index in [-0.39, 0.29) is 0 Å². The molecule has 32 heavy (non-hydrogen) atoms. The van der Waals surface area contributed by atoms with Gasteiger partial charge in [0, 0.05) is 51.3 Å². The van der Waals surface area contributed by atoms with Crippen LogP contribution in [0, 0.1) is 0 Å². The van der Waals surface area contributed by atoms with Gasteiger partial charge in [-0.2, -0.15) is 0 Å². The van der Waals surface area contributed by atoms with Gasteiger partial charge in [-0.05, 0) is 69.8 Å². The highest BCUT2D eigenvalue weighted by Gasteiger charge is 2.32. The number of unbranched alkanes of at least 4 members (excludes halogenated alkanes) is 2. The molecule has 2 fully saturated rings. The average molecular weight is 440 g/mol. The number of anilines is 1. The zero-order valence-electron chi connectivity index (χ0n) is 19.9. The predicted molar refractivity (Wildman–Crippen MR) is 132 cm³/mol. The second kappa shape index (κ2) is 11.7. The van der Waals surface area contributed by atoms with Gasteiger partial charge in [-0.15, -0.1) is 0 Å². The second-order valence-electron chi connectivity index (χ2n) is 9.58. The smallest absolute Gasteiger partial charge is 0.222 e. The number of para-hydroxylation sites is 1. The first-order valence-corrected chi connectivity index (χ1v) is 12.8. The molecule has 6 nitrogen and oxygen atoms in total. The topological polar surface area (TPSA) is 51.2 Å². The number of fused-ring (bicyclic) bond motifs is 1. The lowest BCUT2D eigenvalue weighted by Gasteiger charge is -2.26. The molecule has 6 heteroatoms. The number of aliphatic imine (C=N–C) groups is 1. The number of hydrogen-bond acceptors (Lipinski definition) is 3. The van der Waals surface area contributed by atoms with E-state index in [0.717, 1.165) is 51.4 Å². The van der Waals surface area contributed by atoms with Crippen molar-refractivity contribution in [3.05, 3.63) is 29.8 Å². The maximum absolute atomic E-state index is 12.0. The predicted octanol–water partition coefficient (Wildman–Crippen LogP) is 3.83. The molecule has 1 aromatic carbocycles. The summed E-state index contributed by atoms with van der Waals surface area (Å²) < 4.78 is 0. The van der Waals surface area contributed by atoms with Gasteiger partial charge in [0.25, 0.3) is 0 Å². The van der Waals surface area contributed by atoms with Gasteiger partial charge in [-0.3, -0.25) is 9.79 Å². The zero-order chi connectivity index (χ0) is 22.2. The zero-order valence-corrected chi connectivity index (χ0v) is 19.9. The van der Waals surface area contributed by atoms with Crippen LogP contribution >= 0.6 is 0 Å². The molecule has 4 rings (SSSR count). The third kappa shape index (κ3) is 5.83. The molecule has 0 radical (unpaired) electrons. The van der Waals surface area contributed by atoms with Crippen molar-refractivity contribution in [2.75, 3.05) is 57.8 Å². The summed E-state index contributed by atoms with van der Waals surface area (Å²) in [7, 11) is 1.89. The Morgan fingerprint density at radius 2 is 1.88 bits per heavy atom. The van der Waals surface area contributed by atoms with E-state index in [2.05, 4.69) is 44.4 Å². The third-order valence-corrected chi connectivity index (χ3v) is 7.34. The van der Waals surface area contributed by atoms with Gasteiger partial charge in [0.15, 0.2) is 5.96 Å². The van der Waals surface area contributed by atoms with Crippen LogP contribution < -0.4 is 10.2 Å². The Labute approximate surface area is 194 Å². The van der Waals surface area contributed by atoms with Crippen LogP contribution in [0.25, 0.3) is 0 Å². The summed E-state index contributed by atoms with van der Waals surface area (Å²) in [4.78, 5) is 23.6. The first kappa shape index (κ1) is 23.1. The Kier molecular flexibility index (Phi) is 8.43. The van der Waals surface area contributed by atoms with Gasteiger partial charge < -0.3 is 20.0 Å². The molecule has 0 aliphatic carbocycles. The molecule has 1 atom stereocenters. The van der Waals surface area contributed by atoms with Gasteiger partial charge in [-0.1, -0.05) is 31.0 Å². The molecular weight excluding hydrogens is 398 g/mol. The van der Waals surface area contributed by atoms with E-state index < -0.39 is 0 Å². The summed E-state index contributed by atoms with van der Waals surface area (Å²) >= 11 is 0. The van der Waals surface area contributed by atoms with Crippen LogP contribution in [-0.4, -0.2) is 74.5 Å². The number of likely N-dealkylation sites (tertiary alicyclic amines) is 2. The van der Waals surface area contributed by atoms with E-state index in [0.29, 0.717) is 11.8 Å². The summed E-state index contributed by atoms with van der Waals surface area (Å²) in [5.41, 5.74) is 2.66. The normalized spacial score (nSPS) is 22.0. The third-order valence-electron chi connectivity index (χ3n) is 7.34. The molecule has 1 unspecified atom stereocenters. The first-order chi connectivity index (χ1) is 15.8. The highest BCUT2D eigenvalue weighted by molar-refractivity contribution is 5.98. The highest BCUT2D eigenvalue weighted by atomic mass is 16.2. The van der Waals surface area contributed by atoms with E-state index >= 15 is 0 Å². The fraction of sp³-hybridized carbons (Fsp3) is 0.692. The molecule has 3 heterocycles. The lowest BCUT2D eigenvalue weighted by molar-refractivity contribution is -0.127. The molecule has 3 aliphatic heterocycles. The fourth-order valence-electron chi connectivity index (χ4n) is 5.51. The molecule has 0 saturated carbocycles. The number of guanidine groups is 1. The number of benzene rings is 1. The van der Waals surface area contributed by atoms with Crippen molar-refractivity contribution < 1.29 is 4.79 Å². The number of carbonyl (C=O) groups excluding carboxylic acids is 1. The van der Waals surface area contributed by atoms with Crippen LogP contribution in [0.1, 0.15) is 69.3 Å². The van der Waals surface area contributed by atoms with Gasteiger partial charge in [-0.25, -0.2) is 0 Å². The minimum Gasteiger partial charge on any atom is -0.356 e. The van der Waals surface area contributed by atoms with E-state index in [1.807, 2.05) is 11.9 Å². The fourth-order valence-corrected chi connectivity index (χ4v) is 5.51. The molecule has 1 aromatic rings. The first-order valence-electron chi connectivity index (χ1n) is 12.8. The van der Waals surface area contributed by atoms with Gasteiger partial charge in [0.2, 0.25) is 5.91 Å². The molecule has 0 bridgehead atoms. The average Bonchev–Trinajstić information content (AvgIpc) is 3.41. The number of nitrogens with zero attached hydrogens (tertiary/aromatic N) is 4. The molecular formula is C26H41N5O. The van der Waals surface area contributed by atoms with Crippen LogP contribution in [0.5, 0.6) is 0 Å². The summed E-state index contributed by atoms with van der Waals surface area (Å²) in [6.07, 6.45) is 10.7. The van der Waals surface area contributed by atoms with Crippen molar-refractivity contribution in [1.29, 1.82) is 0 Å². The lowest BCUT2D eigenvalue weighted by Crippen LogP contribution is -2.41. The Bertz CT molecular complexity index is 773. The van der Waals surface area contributed by atoms with Crippen molar-refractivity contribution in [2.45, 2.75) is 63.7 Å². The van der Waals surface area contributed by atoms with Crippen molar-refractivity contribution >= 4 is 17.6 Å². The number of carbonyl (C=O) groups is 1. The molecule has 0 aromatic heterocycles. The Morgan fingerprint density at radius 1 is 1.03 bits per heavy atom. The maximum atomic E-state index is 12.0. The minimum atomic E-state index is 0.325. The second-order valence-corrected chi connectivity index (χ2v) is 9.58. The summed E-state index contributed by atoms with van der Waals surface area (Å²) in [5.74, 6) is 1.75. The number of rotatable bonds is 9. The van der Waals surface area contributed by atoms with Crippen LogP contribution in [0.4, 0.5) is 5.69 Å². The van der Waals surface area contributed by atoms with E-state index in [1.165, 1.54) is 69.4 Å². The van der Waals surface area contributed by atoms with Crippen molar-refractivity contribution in [2.24, 2.45) is 4.99 Å². The molecule has 3 aliphatic rings. The lowest BCUT2D eigenvalue weighted by atomic mass is 9.98. The Hall–Kier alpha value is -2.08. The van der Waals surface area contributed by atoms with Crippen LogP contribution in [0.2, 0.25) is 0 Å². The van der Waals surface area contributed by atoms with Gasteiger partial charge in [0.05, 0.1) is 0 Å². The monoisotopic (exact) mass is 439 g/mol. The molecule has 1 N–H and O–H groups in total. The summed E-state index contributed by atoms with van der Waals surface area (Å²) in [6.45, 7) is 7.56. The Morgan fingerprint density at radius 3 is 2.66 bits per heavy atom. The molecule has 2 saturated heterocycles. The standard InChI is InChI=1S/C26H41N5O/c1-27-26(28-15-6-2-7-16-29-17-8-3-9-18-29)31-21-22(23-11-4-5-12-24(23)31)14-20-30-19-10-13-25(30)32/h4-5,11-12,22H,2-3,6-10,13-21H2,1H3,(H,27,28). The quantitative estimate of drug-likeness (QED) is 0.361. The van der Waals surface area contributed by atoms with Crippen LogP contribution in [-0.2, 0) is 4.79 Å². The Balaban J connectivity index is 1.24. The SMILES string of the molecule is CN=C(NCCCCCN1CCCCC1)N1CC(CCN2CCCC2=O)c2ccccc21. The number of nitrogens with one attached hydrogen (secondary N) is 1. The van der Waals surface area contributed by atoms with Gasteiger partial charge >= 0.3 is 0 Å². The number of amides is 1. The summed E-state index contributed by atoms with van der Waals surface area (Å²) in [6, 6.07) is 8.71. The summed E-state index contributed by atoms with van der Waals surface area (Å²) in [5, 5.41) is 3.61. The van der Waals surface area contributed by atoms with Crippen molar-refractivity contribution in [3.63, 3.8) is 0 Å².